The fraction of sp³-hybridized carbons (Fsp3) is 0.412. The molecular formula is C17H20N2O5. The fourth-order valence-corrected chi connectivity index (χ4v) is 2.67. The number of amides is 4. The first-order chi connectivity index (χ1) is 11.4. The van der Waals surface area contributed by atoms with Crippen LogP contribution in [0.5, 0.6) is 5.75 Å². The zero-order chi connectivity index (χ0) is 17.9. The Morgan fingerprint density at radius 1 is 1.25 bits per heavy atom. The van der Waals surface area contributed by atoms with E-state index >= 15 is 0 Å². The Balaban J connectivity index is 2.36. The average Bonchev–Trinajstić information content (AvgIpc) is 2.76. The predicted molar refractivity (Wildman–Crippen MR) is 85.6 cm³/mol. The molecule has 0 fully saturated rings. The lowest BCUT2D eigenvalue weighted by Gasteiger charge is -2.23. The van der Waals surface area contributed by atoms with Gasteiger partial charge in [0, 0.05) is 0 Å². The van der Waals surface area contributed by atoms with Gasteiger partial charge in [-0.25, -0.2) is 0 Å². The second-order valence-corrected chi connectivity index (χ2v) is 5.79. The highest BCUT2D eigenvalue weighted by atomic mass is 16.5. The number of benzene rings is 1. The van der Waals surface area contributed by atoms with Gasteiger partial charge in [0.1, 0.15) is 11.8 Å². The third-order valence-electron chi connectivity index (χ3n) is 3.64. The maximum atomic E-state index is 12.7. The lowest BCUT2D eigenvalue weighted by molar-refractivity contribution is -0.128. The molecule has 7 heteroatoms. The summed E-state index contributed by atoms with van der Waals surface area (Å²) in [5.74, 6) is -1.27. The summed E-state index contributed by atoms with van der Waals surface area (Å²) in [5.41, 5.74) is 0.439. The second kappa shape index (κ2) is 7.25. The van der Waals surface area contributed by atoms with Gasteiger partial charge in [-0.15, -0.1) is 0 Å². The number of hydrogen-bond acceptors (Lipinski definition) is 5. The summed E-state index contributed by atoms with van der Waals surface area (Å²) >= 11 is 0. The van der Waals surface area contributed by atoms with Crippen molar-refractivity contribution < 1.29 is 23.9 Å². The molecule has 1 atom stereocenters. The molecule has 1 heterocycles. The van der Waals surface area contributed by atoms with Gasteiger partial charge < -0.3 is 4.74 Å². The van der Waals surface area contributed by atoms with Gasteiger partial charge in [-0.1, -0.05) is 13.3 Å². The minimum absolute atomic E-state index is 0.0717. The van der Waals surface area contributed by atoms with Crippen LogP contribution >= 0.6 is 0 Å². The summed E-state index contributed by atoms with van der Waals surface area (Å²) in [7, 11) is 0. The molecule has 1 aromatic rings. The van der Waals surface area contributed by atoms with Crippen LogP contribution in [0.2, 0.25) is 0 Å². The standard InChI is InChI=1S/C17H20N2O5/c1-4-5-14(15(21)18-9-20)19-16(22)12-7-6-11(24-10(2)3)8-13(12)17(19)23/h6-10,14H,4-5H2,1-3H3,(H,18,20,21). The van der Waals surface area contributed by atoms with Gasteiger partial charge in [-0.05, 0) is 38.5 Å². The maximum Gasteiger partial charge on any atom is 0.262 e. The molecule has 0 radical (unpaired) electrons. The highest BCUT2D eigenvalue weighted by Crippen LogP contribution is 2.29. The van der Waals surface area contributed by atoms with E-state index in [2.05, 4.69) is 0 Å². The van der Waals surface area contributed by atoms with Crippen molar-refractivity contribution in [3.05, 3.63) is 29.3 Å². The molecule has 0 aliphatic carbocycles. The summed E-state index contributed by atoms with van der Waals surface area (Å²) in [6.45, 7) is 5.54. The Kier molecular flexibility index (Phi) is 5.33. The van der Waals surface area contributed by atoms with Crippen LogP contribution in [-0.4, -0.2) is 41.2 Å². The molecule has 1 aliphatic rings. The normalized spacial score (nSPS) is 14.6. The van der Waals surface area contributed by atoms with E-state index in [0.717, 1.165) is 4.90 Å². The Hall–Kier alpha value is -2.70. The molecule has 0 saturated carbocycles. The zero-order valence-electron chi connectivity index (χ0n) is 13.9. The molecule has 0 spiro atoms. The summed E-state index contributed by atoms with van der Waals surface area (Å²) in [5, 5.41) is 2.02. The lowest BCUT2D eigenvalue weighted by Crippen LogP contribution is -2.49. The highest BCUT2D eigenvalue weighted by molar-refractivity contribution is 6.23. The van der Waals surface area contributed by atoms with Gasteiger partial charge in [0.2, 0.25) is 12.3 Å². The third-order valence-corrected chi connectivity index (χ3v) is 3.64. The Morgan fingerprint density at radius 2 is 1.92 bits per heavy atom. The van der Waals surface area contributed by atoms with Crippen LogP contribution in [-0.2, 0) is 9.59 Å². The van der Waals surface area contributed by atoms with Crippen molar-refractivity contribution in [1.29, 1.82) is 0 Å². The molecule has 24 heavy (non-hydrogen) atoms. The molecule has 128 valence electrons. The largest absolute Gasteiger partial charge is 0.491 e. The van der Waals surface area contributed by atoms with Gasteiger partial charge in [0.15, 0.2) is 0 Å². The minimum Gasteiger partial charge on any atom is -0.491 e. The quantitative estimate of drug-likeness (QED) is 0.603. The van der Waals surface area contributed by atoms with Crippen LogP contribution in [0.4, 0.5) is 0 Å². The monoisotopic (exact) mass is 332 g/mol. The van der Waals surface area contributed by atoms with E-state index in [1.54, 1.807) is 6.07 Å². The van der Waals surface area contributed by atoms with Crippen LogP contribution in [0.15, 0.2) is 18.2 Å². The summed E-state index contributed by atoms with van der Waals surface area (Å²) < 4.78 is 5.54. The molecule has 0 bridgehead atoms. The SMILES string of the molecule is CCCC(C(=O)NC=O)N1C(=O)c2ccc(OC(C)C)cc2C1=O. The highest BCUT2D eigenvalue weighted by Gasteiger charge is 2.42. The van der Waals surface area contributed by atoms with Gasteiger partial charge in [0.05, 0.1) is 17.2 Å². The van der Waals surface area contributed by atoms with Crippen molar-refractivity contribution in [2.24, 2.45) is 0 Å². The van der Waals surface area contributed by atoms with Crippen LogP contribution in [0.25, 0.3) is 0 Å². The fourth-order valence-electron chi connectivity index (χ4n) is 2.67. The van der Waals surface area contributed by atoms with E-state index in [1.807, 2.05) is 26.1 Å². The molecule has 0 aromatic heterocycles. The first-order valence-corrected chi connectivity index (χ1v) is 7.83. The van der Waals surface area contributed by atoms with Crippen molar-refractivity contribution in [2.45, 2.75) is 45.8 Å². The number of carbonyl (C=O) groups excluding carboxylic acids is 4. The molecular weight excluding hydrogens is 312 g/mol. The van der Waals surface area contributed by atoms with Gasteiger partial charge in [-0.2, -0.15) is 0 Å². The van der Waals surface area contributed by atoms with Gasteiger partial charge >= 0.3 is 0 Å². The molecule has 7 nitrogen and oxygen atoms in total. The first-order valence-electron chi connectivity index (χ1n) is 7.83. The lowest BCUT2D eigenvalue weighted by atomic mass is 10.1. The second-order valence-electron chi connectivity index (χ2n) is 5.79. The van der Waals surface area contributed by atoms with Crippen molar-refractivity contribution in [3.63, 3.8) is 0 Å². The van der Waals surface area contributed by atoms with E-state index in [1.165, 1.54) is 12.1 Å². The number of imide groups is 2. The smallest absolute Gasteiger partial charge is 0.262 e. The number of fused-ring (bicyclic) bond motifs is 1. The number of hydrogen-bond donors (Lipinski definition) is 1. The third kappa shape index (κ3) is 3.29. The zero-order valence-corrected chi connectivity index (χ0v) is 13.9. The number of carbonyl (C=O) groups is 4. The van der Waals surface area contributed by atoms with Gasteiger partial charge in [-0.3, -0.25) is 29.4 Å². The molecule has 1 aromatic carbocycles. The van der Waals surface area contributed by atoms with Crippen molar-refractivity contribution >= 4 is 24.1 Å². The summed E-state index contributed by atoms with van der Waals surface area (Å²) in [4.78, 5) is 48.7. The number of ether oxygens (including phenoxy) is 1. The van der Waals surface area contributed by atoms with E-state index in [9.17, 15) is 19.2 Å². The summed E-state index contributed by atoms with van der Waals surface area (Å²) in [6, 6.07) is 3.64. The minimum atomic E-state index is -1.01. The van der Waals surface area contributed by atoms with Crippen molar-refractivity contribution in [3.8, 4) is 5.75 Å². The van der Waals surface area contributed by atoms with Crippen LogP contribution in [0.3, 0.4) is 0 Å². The predicted octanol–water partition coefficient (Wildman–Crippen LogP) is 1.51. The molecule has 1 N–H and O–H groups in total. The Morgan fingerprint density at radius 3 is 2.50 bits per heavy atom. The molecule has 0 saturated heterocycles. The van der Waals surface area contributed by atoms with E-state index in [0.29, 0.717) is 12.2 Å². The Labute approximate surface area is 140 Å². The van der Waals surface area contributed by atoms with E-state index in [4.69, 9.17) is 4.74 Å². The van der Waals surface area contributed by atoms with Crippen molar-refractivity contribution in [1.82, 2.24) is 10.2 Å². The topological polar surface area (TPSA) is 92.8 Å². The van der Waals surface area contributed by atoms with Crippen LogP contribution in [0.1, 0.15) is 54.3 Å². The average molecular weight is 332 g/mol. The number of rotatable bonds is 7. The molecule has 2 rings (SSSR count). The maximum absolute atomic E-state index is 12.7. The van der Waals surface area contributed by atoms with Crippen molar-refractivity contribution in [2.75, 3.05) is 0 Å². The summed E-state index contributed by atoms with van der Waals surface area (Å²) in [6.07, 6.45) is 1.03. The van der Waals surface area contributed by atoms with Crippen LogP contribution < -0.4 is 10.1 Å². The van der Waals surface area contributed by atoms with E-state index < -0.39 is 23.8 Å². The number of nitrogens with one attached hydrogen (secondary N) is 1. The Bertz CT molecular complexity index is 684. The first kappa shape index (κ1) is 17.7. The number of nitrogens with zero attached hydrogens (tertiary/aromatic N) is 1. The molecule has 1 unspecified atom stereocenters. The van der Waals surface area contributed by atoms with Crippen LogP contribution in [0, 0.1) is 0 Å². The van der Waals surface area contributed by atoms with Gasteiger partial charge in [0.25, 0.3) is 11.8 Å². The molecule has 4 amide bonds. The van der Waals surface area contributed by atoms with E-state index in [-0.39, 0.29) is 30.1 Å². The molecule has 1 aliphatic heterocycles.